The van der Waals surface area contributed by atoms with Crippen molar-refractivity contribution in [2.45, 2.75) is 90.3 Å². The normalized spacial score (nSPS) is 49.4. The lowest BCUT2D eigenvalue weighted by molar-refractivity contribution is -0.239. The van der Waals surface area contributed by atoms with E-state index in [1.54, 1.807) is 0 Å². The Labute approximate surface area is 178 Å². The molecule has 4 saturated carbocycles. The van der Waals surface area contributed by atoms with E-state index >= 15 is 8.78 Å². The van der Waals surface area contributed by atoms with Gasteiger partial charge in [0.25, 0.3) is 5.92 Å². The van der Waals surface area contributed by atoms with Gasteiger partial charge in [-0.15, -0.1) is 0 Å². The van der Waals surface area contributed by atoms with Crippen LogP contribution in [0.4, 0.5) is 8.78 Å². The maximum atomic E-state index is 15.7. The number of halogens is 2. The quantitative estimate of drug-likeness (QED) is 0.662. The van der Waals surface area contributed by atoms with Gasteiger partial charge < -0.3 is 14.9 Å². The van der Waals surface area contributed by atoms with Crippen molar-refractivity contribution >= 4 is 5.97 Å². The molecule has 0 saturated heterocycles. The van der Waals surface area contributed by atoms with E-state index in [0.29, 0.717) is 6.42 Å². The molecule has 4 rings (SSSR count). The Morgan fingerprint density at radius 2 is 1.70 bits per heavy atom. The van der Waals surface area contributed by atoms with Crippen molar-refractivity contribution in [2.75, 3.05) is 7.11 Å². The van der Waals surface area contributed by atoms with Crippen molar-refractivity contribution in [3.63, 3.8) is 0 Å². The van der Waals surface area contributed by atoms with Gasteiger partial charge in [0.05, 0.1) is 6.10 Å². The highest BCUT2D eigenvalue weighted by molar-refractivity contribution is 5.72. The lowest BCUT2D eigenvalue weighted by Crippen LogP contribution is -2.61. The maximum Gasteiger partial charge on any atom is 0.333 e. The summed E-state index contributed by atoms with van der Waals surface area (Å²) < 4.78 is 36.7. The molecule has 10 atom stereocenters. The fraction of sp³-hybridized carbons (Fsp3) is 0.958. The molecule has 0 amide bonds. The number of methoxy groups -OCH3 is 1. The minimum absolute atomic E-state index is 0.0106. The third-order valence-electron chi connectivity index (χ3n) is 10.3. The van der Waals surface area contributed by atoms with Crippen LogP contribution in [0.1, 0.15) is 72.1 Å². The van der Waals surface area contributed by atoms with Crippen LogP contribution in [-0.4, -0.2) is 41.4 Å². The fourth-order valence-electron chi connectivity index (χ4n) is 8.79. The van der Waals surface area contributed by atoms with E-state index in [4.69, 9.17) is 4.74 Å². The second-order valence-corrected chi connectivity index (χ2v) is 11.4. The zero-order valence-corrected chi connectivity index (χ0v) is 18.7. The van der Waals surface area contributed by atoms with Crippen molar-refractivity contribution in [2.24, 2.45) is 46.3 Å². The van der Waals surface area contributed by atoms with E-state index < -0.39 is 30.0 Å². The number of aliphatic hydroxyl groups excluding tert-OH is 1. The van der Waals surface area contributed by atoms with Gasteiger partial charge in [0.1, 0.15) is 0 Å². The first-order valence-electron chi connectivity index (χ1n) is 11.8. The van der Waals surface area contributed by atoms with E-state index in [0.717, 1.165) is 38.5 Å². The van der Waals surface area contributed by atoms with Crippen LogP contribution in [0.5, 0.6) is 0 Å². The zero-order valence-electron chi connectivity index (χ0n) is 18.7. The predicted molar refractivity (Wildman–Crippen MR) is 109 cm³/mol. The largest absolute Gasteiger partial charge is 0.479 e. The minimum Gasteiger partial charge on any atom is -0.479 e. The smallest absolute Gasteiger partial charge is 0.333 e. The van der Waals surface area contributed by atoms with Crippen LogP contribution in [0.25, 0.3) is 0 Å². The number of alkyl halides is 2. The summed E-state index contributed by atoms with van der Waals surface area (Å²) in [6.45, 7) is 6.27. The summed E-state index contributed by atoms with van der Waals surface area (Å²) in [6.07, 6.45) is 3.83. The van der Waals surface area contributed by atoms with Gasteiger partial charge in [-0.05, 0) is 85.4 Å². The van der Waals surface area contributed by atoms with Crippen molar-refractivity contribution in [3.8, 4) is 0 Å². The summed E-state index contributed by atoms with van der Waals surface area (Å²) >= 11 is 0. The summed E-state index contributed by atoms with van der Waals surface area (Å²) in [5.41, 5.74) is -0.389. The molecule has 0 aromatic heterocycles. The van der Waals surface area contributed by atoms with Gasteiger partial charge in [0.15, 0.2) is 6.10 Å². The van der Waals surface area contributed by atoms with Crippen molar-refractivity contribution in [3.05, 3.63) is 0 Å². The van der Waals surface area contributed by atoms with Crippen LogP contribution < -0.4 is 0 Å². The van der Waals surface area contributed by atoms with E-state index in [1.807, 2.05) is 6.92 Å². The van der Waals surface area contributed by atoms with E-state index in [2.05, 4.69) is 13.8 Å². The Hall–Kier alpha value is -0.750. The zero-order chi connectivity index (χ0) is 22.1. The Morgan fingerprint density at radius 3 is 2.33 bits per heavy atom. The Morgan fingerprint density at radius 1 is 1.07 bits per heavy atom. The molecular formula is C24H38F2O4. The monoisotopic (exact) mass is 428 g/mol. The molecule has 4 nitrogen and oxygen atoms in total. The number of rotatable bonds is 4. The molecule has 0 radical (unpaired) electrons. The van der Waals surface area contributed by atoms with E-state index in [-0.39, 0.29) is 46.8 Å². The van der Waals surface area contributed by atoms with Crippen LogP contribution in [-0.2, 0) is 9.53 Å². The minimum atomic E-state index is -2.72. The number of hydrogen-bond donors (Lipinski definition) is 2. The average Bonchev–Trinajstić information content (AvgIpc) is 3.00. The molecule has 4 unspecified atom stereocenters. The van der Waals surface area contributed by atoms with Gasteiger partial charge >= 0.3 is 5.97 Å². The highest BCUT2D eigenvalue weighted by atomic mass is 19.3. The molecule has 4 aliphatic carbocycles. The predicted octanol–water partition coefficient (Wildman–Crippen LogP) is 4.99. The first-order chi connectivity index (χ1) is 14.0. The summed E-state index contributed by atoms with van der Waals surface area (Å²) in [7, 11) is 1.43. The molecule has 0 heterocycles. The van der Waals surface area contributed by atoms with Gasteiger partial charge in [-0.1, -0.05) is 20.8 Å². The number of fused-ring (bicyclic) bond motifs is 5. The molecule has 0 spiro atoms. The van der Waals surface area contributed by atoms with Crippen LogP contribution in [0.3, 0.4) is 0 Å². The van der Waals surface area contributed by atoms with Crippen LogP contribution in [0.15, 0.2) is 0 Å². The second-order valence-electron chi connectivity index (χ2n) is 11.4. The van der Waals surface area contributed by atoms with Gasteiger partial charge in [-0.2, -0.15) is 0 Å². The molecule has 2 N–H and O–H groups in total. The number of aliphatic carboxylic acids is 1. The molecule has 0 aromatic carbocycles. The van der Waals surface area contributed by atoms with E-state index in [1.165, 1.54) is 7.11 Å². The Bertz CT molecular complexity index is 684. The molecule has 0 bridgehead atoms. The molecule has 4 aliphatic rings. The summed E-state index contributed by atoms with van der Waals surface area (Å²) in [6, 6.07) is 0. The van der Waals surface area contributed by atoms with Gasteiger partial charge in [-0.3, -0.25) is 0 Å². The van der Waals surface area contributed by atoms with Crippen molar-refractivity contribution in [1.82, 2.24) is 0 Å². The van der Waals surface area contributed by atoms with Gasteiger partial charge in [0, 0.05) is 19.4 Å². The number of carboxylic acids is 1. The number of carbonyl (C=O) groups is 1. The highest BCUT2D eigenvalue weighted by Gasteiger charge is 2.68. The molecule has 4 fully saturated rings. The second kappa shape index (κ2) is 7.40. The molecule has 6 heteroatoms. The SMILES string of the molecule is COC(C(=O)O)[C@@H](C)[C@H]1CCC2C3C(CC[C@@]21C)[C@@]1(C)CC[C@@H](O)C[C@H]1CC3(F)F. The van der Waals surface area contributed by atoms with Gasteiger partial charge in [0.2, 0.25) is 0 Å². The lowest BCUT2D eigenvalue weighted by atomic mass is 9.43. The van der Waals surface area contributed by atoms with E-state index in [9.17, 15) is 15.0 Å². The topological polar surface area (TPSA) is 66.8 Å². The third-order valence-corrected chi connectivity index (χ3v) is 10.3. The van der Waals surface area contributed by atoms with Crippen LogP contribution in [0.2, 0.25) is 0 Å². The van der Waals surface area contributed by atoms with Crippen molar-refractivity contribution in [1.29, 1.82) is 0 Å². The first-order valence-corrected chi connectivity index (χ1v) is 11.8. The fourth-order valence-corrected chi connectivity index (χ4v) is 8.79. The molecule has 0 aliphatic heterocycles. The number of carboxylic acid groups (broad SMARTS) is 1. The molecule has 172 valence electrons. The third kappa shape index (κ3) is 3.15. The first kappa shape index (κ1) is 22.4. The standard InChI is InChI=1S/C24H38F2O4/c1-13(20(30-4)21(28)29)16-5-6-17-19-18(8-10-23(16,17)3)22(2)9-7-15(27)11-14(22)12-24(19,25)26/h13-20,27H,5-12H2,1-4H3,(H,28,29)/t13-,14-,15+,16+,17?,18?,19?,20?,22-,23+/m0/s1. The summed E-state index contributed by atoms with van der Waals surface area (Å²) in [4.78, 5) is 11.7. The maximum absolute atomic E-state index is 15.7. The summed E-state index contributed by atoms with van der Waals surface area (Å²) in [5.74, 6) is -4.63. The number of ether oxygens (including phenoxy) is 1. The Balaban J connectivity index is 1.65. The average molecular weight is 429 g/mol. The molecule has 0 aromatic rings. The summed E-state index contributed by atoms with van der Waals surface area (Å²) in [5, 5.41) is 19.7. The molecular weight excluding hydrogens is 390 g/mol. The van der Waals surface area contributed by atoms with Crippen molar-refractivity contribution < 1.29 is 28.5 Å². The van der Waals surface area contributed by atoms with Crippen LogP contribution >= 0.6 is 0 Å². The Kier molecular flexibility index (Phi) is 5.53. The highest BCUT2D eigenvalue weighted by Crippen LogP contribution is 2.71. The van der Waals surface area contributed by atoms with Crippen LogP contribution in [0, 0.1) is 46.3 Å². The van der Waals surface area contributed by atoms with Gasteiger partial charge in [-0.25, -0.2) is 13.6 Å². The molecule has 30 heavy (non-hydrogen) atoms. The number of aliphatic hydroxyl groups is 1. The lowest BCUT2D eigenvalue weighted by Gasteiger charge is -2.63. The number of hydrogen-bond acceptors (Lipinski definition) is 3.